The summed E-state index contributed by atoms with van der Waals surface area (Å²) in [6.07, 6.45) is 4.89. The molecule has 0 saturated heterocycles. The van der Waals surface area contributed by atoms with Gasteiger partial charge in [0.1, 0.15) is 5.82 Å². The van der Waals surface area contributed by atoms with Gasteiger partial charge in [-0.05, 0) is 56.2 Å². The van der Waals surface area contributed by atoms with Gasteiger partial charge in [-0.3, -0.25) is 4.99 Å². The first-order valence-electron chi connectivity index (χ1n) is 9.46. The summed E-state index contributed by atoms with van der Waals surface area (Å²) in [5.41, 5.74) is 1.29. The second-order valence-electron chi connectivity index (χ2n) is 7.40. The highest BCUT2D eigenvalue weighted by atomic mass is 127. The molecule has 2 aliphatic rings. The summed E-state index contributed by atoms with van der Waals surface area (Å²) in [5, 5.41) is 3.37. The molecule has 0 spiro atoms. The smallest absolute Gasteiger partial charge is 0.193 e. The third-order valence-electron chi connectivity index (χ3n) is 5.16. The number of guanidine groups is 1. The van der Waals surface area contributed by atoms with E-state index in [-0.39, 0.29) is 35.2 Å². The fourth-order valence-corrected chi connectivity index (χ4v) is 3.03. The number of ether oxygens (including phenoxy) is 1. The van der Waals surface area contributed by atoms with Gasteiger partial charge in [0.2, 0.25) is 0 Å². The van der Waals surface area contributed by atoms with Crippen LogP contribution in [-0.2, 0) is 10.2 Å². The monoisotopic (exact) mass is 475 g/mol. The van der Waals surface area contributed by atoms with E-state index < -0.39 is 0 Å². The van der Waals surface area contributed by atoms with E-state index in [4.69, 9.17) is 9.73 Å². The van der Waals surface area contributed by atoms with Gasteiger partial charge in [-0.15, -0.1) is 24.0 Å². The van der Waals surface area contributed by atoms with E-state index in [1.54, 1.807) is 12.1 Å². The number of hydrogen-bond donors (Lipinski definition) is 1. The van der Waals surface area contributed by atoms with Crippen molar-refractivity contribution in [2.75, 3.05) is 39.9 Å². The molecule has 0 unspecified atom stereocenters. The average Bonchev–Trinajstić information content (AvgIpc) is 3.51. The zero-order valence-corrected chi connectivity index (χ0v) is 18.2. The van der Waals surface area contributed by atoms with Gasteiger partial charge in [0.25, 0.3) is 0 Å². The third kappa shape index (κ3) is 6.08. The van der Waals surface area contributed by atoms with Crippen LogP contribution in [0.3, 0.4) is 0 Å². The van der Waals surface area contributed by atoms with Gasteiger partial charge in [-0.2, -0.15) is 0 Å². The van der Waals surface area contributed by atoms with E-state index in [1.807, 2.05) is 12.1 Å². The third-order valence-corrected chi connectivity index (χ3v) is 5.16. The summed E-state index contributed by atoms with van der Waals surface area (Å²) in [6, 6.07) is 6.90. The summed E-state index contributed by atoms with van der Waals surface area (Å²) >= 11 is 0. The molecule has 0 heterocycles. The zero-order chi connectivity index (χ0) is 17.7. The summed E-state index contributed by atoms with van der Waals surface area (Å²) in [7, 11) is 2.06. The zero-order valence-electron chi connectivity index (χ0n) is 15.8. The molecule has 1 N–H and O–H groups in total. The first kappa shape index (κ1) is 21.4. The highest BCUT2D eigenvalue weighted by Gasteiger charge is 2.44. The molecule has 0 aliphatic heterocycles. The lowest BCUT2D eigenvalue weighted by atomic mass is 9.96. The van der Waals surface area contributed by atoms with Gasteiger partial charge < -0.3 is 15.0 Å². The lowest BCUT2D eigenvalue weighted by Crippen LogP contribution is -2.41. The Balaban J connectivity index is 0.00000243. The summed E-state index contributed by atoms with van der Waals surface area (Å²) in [5.74, 6) is 1.55. The predicted molar refractivity (Wildman–Crippen MR) is 115 cm³/mol. The van der Waals surface area contributed by atoms with Crippen molar-refractivity contribution in [3.63, 3.8) is 0 Å². The van der Waals surface area contributed by atoms with Crippen LogP contribution in [0.2, 0.25) is 0 Å². The molecule has 0 aromatic heterocycles. The lowest BCUT2D eigenvalue weighted by Gasteiger charge is -2.23. The van der Waals surface area contributed by atoms with Crippen molar-refractivity contribution in [2.45, 2.75) is 38.0 Å². The molecule has 0 amide bonds. The standard InChI is InChI=1S/C20H30FN3O.HI/c1-3-22-19(24(2)12-13-25-14-16-4-5-16)23-15-20(10-11-20)17-6-8-18(21)9-7-17;/h6-9,16H,3-5,10-15H2,1-2H3,(H,22,23);1H. The highest BCUT2D eigenvalue weighted by molar-refractivity contribution is 14.0. The minimum absolute atomic E-state index is 0. The molecule has 4 nitrogen and oxygen atoms in total. The Bertz CT molecular complexity index is 585. The van der Waals surface area contributed by atoms with Crippen molar-refractivity contribution in [3.05, 3.63) is 35.6 Å². The molecule has 2 aliphatic carbocycles. The minimum Gasteiger partial charge on any atom is -0.379 e. The van der Waals surface area contributed by atoms with Gasteiger partial charge >= 0.3 is 0 Å². The Labute approximate surface area is 173 Å². The fourth-order valence-electron chi connectivity index (χ4n) is 3.03. The first-order valence-corrected chi connectivity index (χ1v) is 9.46. The number of nitrogens with one attached hydrogen (secondary N) is 1. The molecular formula is C20H31FIN3O. The van der Waals surface area contributed by atoms with Crippen molar-refractivity contribution in [2.24, 2.45) is 10.9 Å². The maximum absolute atomic E-state index is 13.2. The first-order chi connectivity index (χ1) is 12.1. The molecular weight excluding hydrogens is 444 g/mol. The quantitative estimate of drug-likeness (QED) is 0.256. The minimum atomic E-state index is -0.178. The van der Waals surface area contributed by atoms with E-state index in [1.165, 1.54) is 18.4 Å². The highest BCUT2D eigenvalue weighted by Crippen LogP contribution is 2.48. The fraction of sp³-hybridized carbons (Fsp3) is 0.650. The van der Waals surface area contributed by atoms with E-state index >= 15 is 0 Å². The van der Waals surface area contributed by atoms with Crippen molar-refractivity contribution >= 4 is 29.9 Å². The Morgan fingerprint density at radius 2 is 2.00 bits per heavy atom. The lowest BCUT2D eigenvalue weighted by molar-refractivity contribution is 0.115. The molecule has 0 radical (unpaired) electrons. The maximum Gasteiger partial charge on any atom is 0.193 e. The van der Waals surface area contributed by atoms with Gasteiger partial charge in [0, 0.05) is 32.2 Å². The SMILES string of the molecule is CCNC(=NCC1(c2ccc(F)cc2)CC1)N(C)CCOCC1CC1.I. The number of hydrogen-bond acceptors (Lipinski definition) is 2. The van der Waals surface area contributed by atoms with Crippen molar-refractivity contribution in [1.82, 2.24) is 10.2 Å². The molecule has 3 rings (SSSR count). The molecule has 1 aromatic rings. The topological polar surface area (TPSA) is 36.9 Å². The molecule has 2 fully saturated rings. The molecule has 146 valence electrons. The van der Waals surface area contributed by atoms with Crippen LogP contribution in [0, 0.1) is 11.7 Å². The summed E-state index contributed by atoms with van der Waals surface area (Å²) in [6.45, 7) is 6.14. The Hall–Kier alpha value is -0.890. The number of likely N-dealkylation sites (N-methyl/N-ethyl adjacent to an activating group) is 1. The largest absolute Gasteiger partial charge is 0.379 e. The van der Waals surface area contributed by atoms with Crippen LogP contribution in [-0.4, -0.2) is 50.8 Å². The van der Waals surface area contributed by atoms with Gasteiger partial charge in [-0.1, -0.05) is 12.1 Å². The van der Waals surface area contributed by atoms with E-state index in [9.17, 15) is 4.39 Å². The van der Waals surface area contributed by atoms with Crippen LogP contribution in [0.15, 0.2) is 29.3 Å². The molecule has 0 bridgehead atoms. The van der Waals surface area contributed by atoms with Gasteiger partial charge in [-0.25, -0.2) is 4.39 Å². The number of benzene rings is 1. The number of aliphatic imine (C=N–C) groups is 1. The number of rotatable bonds is 9. The van der Waals surface area contributed by atoms with E-state index in [2.05, 4.69) is 24.2 Å². The second kappa shape index (κ2) is 9.88. The maximum atomic E-state index is 13.2. The van der Waals surface area contributed by atoms with Crippen LogP contribution >= 0.6 is 24.0 Å². The van der Waals surface area contributed by atoms with Gasteiger partial charge in [0.15, 0.2) is 5.96 Å². The van der Waals surface area contributed by atoms with Crippen LogP contribution in [0.1, 0.15) is 38.2 Å². The molecule has 26 heavy (non-hydrogen) atoms. The van der Waals surface area contributed by atoms with Crippen molar-refractivity contribution < 1.29 is 9.13 Å². The van der Waals surface area contributed by atoms with Crippen LogP contribution in [0.4, 0.5) is 4.39 Å². The molecule has 2 saturated carbocycles. The summed E-state index contributed by atoms with van der Waals surface area (Å²) < 4.78 is 18.9. The van der Waals surface area contributed by atoms with Crippen molar-refractivity contribution in [1.29, 1.82) is 0 Å². The van der Waals surface area contributed by atoms with Crippen LogP contribution < -0.4 is 5.32 Å². The second-order valence-corrected chi connectivity index (χ2v) is 7.40. The van der Waals surface area contributed by atoms with Gasteiger partial charge in [0.05, 0.1) is 13.2 Å². The van der Waals surface area contributed by atoms with E-state index in [0.29, 0.717) is 0 Å². The molecule has 0 atom stereocenters. The number of halogens is 2. The van der Waals surface area contributed by atoms with E-state index in [0.717, 1.165) is 57.6 Å². The Morgan fingerprint density at radius 1 is 1.31 bits per heavy atom. The Kier molecular flexibility index (Phi) is 8.13. The average molecular weight is 475 g/mol. The molecule has 1 aromatic carbocycles. The van der Waals surface area contributed by atoms with Crippen LogP contribution in [0.25, 0.3) is 0 Å². The normalized spacial score (nSPS) is 18.2. The molecule has 6 heteroatoms. The predicted octanol–water partition coefficient (Wildman–Crippen LogP) is 3.80. The Morgan fingerprint density at radius 3 is 2.58 bits per heavy atom. The van der Waals surface area contributed by atoms with Crippen molar-refractivity contribution in [3.8, 4) is 0 Å². The summed E-state index contributed by atoms with van der Waals surface area (Å²) in [4.78, 5) is 6.99. The number of nitrogens with zero attached hydrogens (tertiary/aromatic N) is 2. The van der Waals surface area contributed by atoms with Crippen LogP contribution in [0.5, 0.6) is 0 Å².